The van der Waals surface area contributed by atoms with Gasteiger partial charge in [-0.1, -0.05) is 17.7 Å². The molecule has 31 heavy (non-hydrogen) atoms. The number of ether oxygens (including phenoxy) is 1. The van der Waals surface area contributed by atoms with E-state index in [1.807, 2.05) is 11.0 Å². The summed E-state index contributed by atoms with van der Waals surface area (Å²) in [5.74, 6) is 0.0908. The van der Waals surface area contributed by atoms with Crippen LogP contribution in [0.25, 0.3) is 11.1 Å². The molecule has 11 heteroatoms. The first-order valence-corrected chi connectivity index (χ1v) is 10.5. The molecular weight excluding hydrogens is 491 g/mol. The number of anilines is 1. The van der Waals surface area contributed by atoms with E-state index >= 15 is 0 Å². The summed E-state index contributed by atoms with van der Waals surface area (Å²) in [6.07, 6.45) is 4.03. The maximum Gasteiger partial charge on any atom is 0.275 e. The molecule has 2 aromatic heterocycles. The van der Waals surface area contributed by atoms with Crippen molar-refractivity contribution in [2.24, 2.45) is 0 Å². The summed E-state index contributed by atoms with van der Waals surface area (Å²) in [7, 11) is 0. The van der Waals surface area contributed by atoms with E-state index in [4.69, 9.17) is 16.3 Å². The van der Waals surface area contributed by atoms with E-state index in [1.54, 1.807) is 6.07 Å². The molecule has 3 aromatic rings. The lowest BCUT2D eigenvalue weighted by atomic mass is 10.0. The standard InChI is InChI=1S/C20H15BrClFN6O2/c21-14-2-1-11(7-15(14)23)17-18(16(8-24)27-28-19(17)30)31-13-3-5-29(6-4-13)20-25-9-12(22)10-26-20/h1-2,7,9-10,13H,3-6H2,(H,28,30). The molecule has 1 saturated heterocycles. The zero-order chi connectivity index (χ0) is 22.0. The van der Waals surface area contributed by atoms with Crippen molar-refractivity contribution in [3.05, 3.63) is 62.0 Å². The van der Waals surface area contributed by atoms with Gasteiger partial charge in [0.2, 0.25) is 11.6 Å². The van der Waals surface area contributed by atoms with Crippen molar-refractivity contribution >= 4 is 33.5 Å². The van der Waals surface area contributed by atoms with Gasteiger partial charge in [0.25, 0.3) is 5.56 Å². The monoisotopic (exact) mass is 504 g/mol. The van der Waals surface area contributed by atoms with E-state index in [0.29, 0.717) is 42.5 Å². The predicted molar refractivity (Wildman–Crippen MR) is 116 cm³/mol. The molecule has 0 unspecified atom stereocenters. The van der Waals surface area contributed by atoms with E-state index in [2.05, 4.69) is 36.1 Å². The van der Waals surface area contributed by atoms with Gasteiger partial charge in [0.1, 0.15) is 18.0 Å². The molecule has 1 aliphatic rings. The van der Waals surface area contributed by atoms with Crippen LogP contribution in [0.5, 0.6) is 5.75 Å². The third-order valence-electron chi connectivity index (χ3n) is 4.87. The molecule has 0 amide bonds. The van der Waals surface area contributed by atoms with Crippen LogP contribution in [0, 0.1) is 17.1 Å². The van der Waals surface area contributed by atoms with Crippen LogP contribution in [0.3, 0.4) is 0 Å². The van der Waals surface area contributed by atoms with E-state index < -0.39 is 11.4 Å². The first-order chi connectivity index (χ1) is 15.0. The SMILES string of the molecule is N#Cc1n[nH]c(=O)c(-c2ccc(Br)c(F)c2)c1OC1CCN(c2ncc(Cl)cn2)CC1. The molecule has 0 aliphatic carbocycles. The Balaban J connectivity index is 1.59. The molecule has 0 radical (unpaired) electrons. The molecule has 1 aliphatic heterocycles. The molecule has 1 N–H and O–H groups in total. The number of hydrogen-bond donors (Lipinski definition) is 1. The summed E-state index contributed by atoms with van der Waals surface area (Å²) in [6, 6.07) is 6.21. The van der Waals surface area contributed by atoms with E-state index in [-0.39, 0.29) is 27.6 Å². The molecule has 1 fully saturated rings. The number of aromatic nitrogens is 4. The van der Waals surface area contributed by atoms with Gasteiger partial charge in [-0.3, -0.25) is 4.79 Å². The number of piperidine rings is 1. The Hall–Kier alpha value is -3.03. The van der Waals surface area contributed by atoms with Crippen LogP contribution in [-0.2, 0) is 0 Å². The van der Waals surface area contributed by atoms with Gasteiger partial charge in [-0.25, -0.2) is 19.5 Å². The lowest BCUT2D eigenvalue weighted by Crippen LogP contribution is -2.39. The number of rotatable bonds is 4. The van der Waals surface area contributed by atoms with Crippen LogP contribution in [-0.4, -0.2) is 39.4 Å². The Kier molecular flexibility index (Phi) is 6.15. The summed E-state index contributed by atoms with van der Waals surface area (Å²) in [5.41, 5.74) is -0.270. The maximum atomic E-state index is 14.1. The maximum absolute atomic E-state index is 14.1. The van der Waals surface area contributed by atoms with Gasteiger partial charge in [0, 0.05) is 25.9 Å². The van der Waals surface area contributed by atoms with Crippen molar-refractivity contribution in [1.29, 1.82) is 5.26 Å². The molecule has 0 bridgehead atoms. The van der Waals surface area contributed by atoms with Crippen molar-refractivity contribution in [1.82, 2.24) is 20.2 Å². The van der Waals surface area contributed by atoms with Crippen LogP contribution >= 0.6 is 27.5 Å². The average Bonchev–Trinajstić information content (AvgIpc) is 2.77. The highest BCUT2D eigenvalue weighted by molar-refractivity contribution is 9.10. The van der Waals surface area contributed by atoms with Crippen molar-refractivity contribution in [2.75, 3.05) is 18.0 Å². The summed E-state index contributed by atoms with van der Waals surface area (Å²) in [6.45, 7) is 1.24. The van der Waals surface area contributed by atoms with Crippen molar-refractivity contribution in [3.8, 4) is 22.9 Å². The van der Waals surface area contributed by atoms with Gasteiger partial charge in [-0.15, -0.1) is 0 Å². The number of nitrogens with one attached hydrogen (secondary N) is 1. The molecule has 8 nitrogen and oxygen atoms in total. The number of halogens is 3. The Morgan fingerprint density at radius 2 is 2.00 bits per heavy atom. The first kappa shape index (κ1) is 21.2. The largest absolute Gasteiger partial charge is 0.486 e. The van der Waals surface area contributed by atoms with Crippen molar-refractivity contribution in [3.63, 3.8) is 0 Å². The topological polar surface area (TPSA) is 108 Å². The molecule has 0 spiro atoms. The van der Waals surface area contributed by atoms with E-state index in [0.717, 1.165) is 0 Å². The second kappa shape index (κ2) is 8.99. The van der Waals surface area contributed by atoms with Gasteiger partial charge in [-0.05, 0) is 33.6 Å². The van der Waals surface area contributed by atoms with Gasteiger partial charge < -0.3 is 9.64 Å². The lowest BCUT2D eigenvalue weighted by Gasteiger charge is -2.32. The predicted octanol–water partition coefficient (Wildman–Crippen LogP) is 3.70. The number of aromatic amines is 1. The van der Waals surface area contributed by atoms with Crippen LogP contribution in [0.2, 0.25) is 5.02 Å². The summed E-state index contributed by atoms with van der Waals surface area (Å²) >= 11 is 8.94. The minimum Gasteiger partial charge on any atom is -0.486 e. The molecule has 158 valence electrons. The summed E-state index contributed by atoms with van der Waals surface area (Å²) in [4.78, 5) is 23.0. The Morgan fingerprint density at radius 1 is 1.29 bits per heavy atom. The molecule has 0 saturated carbocycles. The highest BCUT2D eigenvalue weighted by atomic mass is 79.9. The van der Waals surface area contributed by atoms with Crippen molar-refractivity contribution in [2.45, 2.75) is 18.9 Å². The minimum absolute atomic E-state index is 0.0502. The normalized spacial score (nSPS) is 14.3. The van der Waals surface area contributed by atoms with Gasteiger partial charge in [-0.2, -0.15) is 10.4 Å². The smallest absolute Gasteiger partial charge is 0.275 e. The number of hydrogen-bond acceptors (Lipinski definition) is 7. The van der Waals surface area contributed by atoms with Gasteiger partial charge in [0.05, 0.1) is 27.5 Å². The van der Waals surface area contributed by atoms with E-state index in [9.17, 15) is 14.4 Å². The minimum atomic E-state index is -0.567. The average molecular weight is 506 g/mol. The van der Waals surface area contributed by atoms with E-state index in [1.165, 1.54) is 24.5 Å². The zero-order valence-electron chi connectivity index (χ0n) is 16.0. The molecular formula is C20H15BrClFN6O2. The molecule has 1 aromatic carbocycles. The van der Waals surface area contributed by atoms with Crippen LogP contribution in [0.4, 0.5) is 10.3 Å². The Bertz CT molecular complexity index is 1210. The summed E-state index contributed by atoms with van der Waals surface area (Å²) < 4.78 is 20.4. The number of H-pyrrole nitrogens is 1. The molecule has 3 heterocycles. The highest BCUT2D eigenvalue weighted by Gasteiger charge is 2.26. The first-order valence-electron chi connectivity index (χ1n) is 9.33. The summed E-state index contributed by atoms with van der Waals surface area (Å²) in [5, 5.41) is 16.0. The molecule has 0 atom stereocenters. The fourth-order valence-electron chi connectivity index (χ4n) is 3.35. The highest BCUT2D eigenvalue weighted by Crippen LogP contribution is 2.33. The number of nitrogens with zero attached hydrogens (tertiary/aromatic N) is 5. The number of benzene rings is 1. The fraction of sp³-hybridized carbons (Fsp3) is 0.250. The fourth-order valence-corrected chi connectivity index (χ4v) is 3.69. The second-order valence-electron chi connectivity index (χ2n) is 6.85. The van der Waals surface area contributed by atoms with Crippen molar-refractivity contribution < 1.29 is 9.13 Å². The van der Waals surface area contributed by atoms with Gasteiger partial charge in [0.15, 0.2) is 5.75 Å². The zero-order valence-corrected chi connectivity index (χ0v) is 18.3. The second-order valence-corrected chi connectivity index (χ2v) is 8.14. The lowest BCUT2D eigenvalue weighted by molar-refractivity contribution is 0.169. The third kappa shape index (κ3) is 4.52. The molecule has 4 rings (SSSR count). The van der Waals surface area contributed by atoms with Crippen LogP contribution < -0.4 is 15.2 Å². The Labute approximate surface area is 189 Å². The van der Waals surface area contributed by atoms with Crippen LogP contribution in [0.1, 0.15) is 18.5 Å². The van der Waals surface area contributed by atoms with Gasteiger partial charge >= 0.3 is 0 Å². The van der Waals surface area contributed by atoms with Crippen LogP contribution in [0.15, 0.2) is 39.9 Å². The number of nitriles is 1. The Morgan fingerprint density at radius 3 is 2.65 bits per heavy atom. The quantitative estimate of drug-likeness (QED) is 0.576. The third-order valence-corrected chi connectivity index (χ3v) is 5.71.